The van der Waals surface area contributed by atoms with Gasteiger partial charge >= 0.3 is 0 Å². The first kappa shape index (κ1) is 19.0. The van der Waals surface area contributed by atoms with Crippen molar-refractivity contribution in [1.29, 1.82) is 0 Å². The highest BCUT2D eigenvalue weighted by atomic mass is 35.5. The first-order chi connectivity index (χ1) is 12.0. The number of hydrogen-bond acceptors (Lipinski definition) is 5. The smallest absolute Gasteiger partial charge is 0.255 e. The molecule has 0 aliphatic heterocycles. The summed E-state index contributed by atoms with van der Waals surface area (Å²) in [4.78, 5) is 18.9. The SMILES string of the molecule is COc1ccc(Cl)cc1NC(=O)c1ccnc(NCCCN(C)C)c1. The van der Waals surface area contributed by atoms with E-state index in [4.69, 9.17) is 16.3 Å². The molecule has 0 aliphatic carbocycles. The maximum absolute atomic E-state index is 12.5. The molecule has 134 valence electrons. The zero-order valence-electron chi connectivity index (χ0n) is 14.7. The third-order valence-electron chi connectivity index (χ3n) is 3.52. The third kappa shape index (κ3) is 5.92. The van der Waals surface area contributed by atoms with E-state index < -0.39 is 0 Å². The molecule has 1 heterocycles. The van der Waals surface area contributed by atoms with E-state index in [1.807, 2.05) is 14.1 Å². The molecule has 25 heavy (non-hydrogen) atoms. The van der Waals surface area contributed by atoms with Gasteiger partial charge in [-0.3, -0.25) is 4.79 Å². The lowest BCUT2D eigenvalue weighted by molar-refractivity contribution is 0.102. The van der Waals surface area contributed by atoms with Crippen LogP contribution >= 0.6 is 11.6 Å². The molecule has 7 heteroatoms. The van der Waals surface area contributed by atoms with Gasteiger partial charge in [0.15, 0.2) is 0 Å². The lowest BCUT2D eigenvalue weighted by Crippen LogP contribution is -2.17. The highest BCUT2D eigenvalue weighted by Crippen LogP contribution is 2.28. The number of hydrogen-bond donors (Lipinski definition) is 2. The zero-order chi connectivity index (χ0) is 18.2. The van der Waals surface area contributed by atoms with Crippen LogP contribution in [0.25, 0.3) is 0 Å². The van der Waals surface area contributed by atoms with Crippen LogP contribution < -0.4 is 15.4 Å². The normalized spacial score (nSPS) is 10.6. The Hall–Kier alpha value is -2.31. The fourth-order valence-electron chi connectivity index (χ4n) is 2.25. The van der Waals surface area contributed by atoms with Gasteiger partial charge in [-0.15, -0.1) is 0 Å². The lowest BCUT2D eigenvalue weighted by atomic mass is 10.2. The van der Waals surface area contributed by atoms with Crippen LogP contribution in [0.5, 0.6) is 5.75 Å². The third-order valence-corrected chi connectivity index (χ3v) is 3.76. The Morgan fingerprint density at radius 1 is 1.28 bits per heavy atom. The van der Waals surface area contributed by atoms with Crippen LogP contribution in [0.3, 0.4) is 0 Å². The van der Waals surface area contributed by atoms with Gasteiger partial charge in [0.25, 0.3) is 5.91 Å². The number of rotatable bonds is 8. The molecule has 0 fully saturated rings. The van der Waals surface area contributed by atoms with Gasteiger partial charge < -0.3 is 20.3 Å². The number of benzene rings is 1. The van der Waals surface area contributed by atoms with E-state index >= 15 is 0 Å². The van der Waals surface area contributed by atoms with E-state index in [9.17, 15) is 4.79 Å². The van der Waals surface area contributed by atoms with Gasteiger partial charge in [-0.1, -0.05) is 11.6 Å². The average Bonchev–Trinajstić information content (AvgIpc) is 2.59. The van der Waals surface area contributed by atoms with Gasteiger partial charge in [-0.2, -0.15) is 0 Å². The fourth-order valence-corrected chi connectivity index (χ4v) is 2.42. The van der Waals surface area contributed by atoms with Crippen molar-refractivity contribution in [3.63, 3.8) is 0 Å². The van der Waals surface area contributed by atoms with E-state index in [0.717, 1.165) is 19.5 Å². The fraction of sp³-hybridized carbons (Fsp3) is 0.333. The Morgan fingerprint density at radius 3 is 2.80 bits per heavy atom. The second-order valence-corrected chi connectivity index (χ2v) is 6.25. The molecule has 0 saturated heterocycles. The van der Waals surface area contributed by atoms with Gasteiger partial charge in [-0.05, 0) is 57.4 Å². The molecule has 0 atom stereocenters. The van der Waals surface area contributed by atoms with Crippen molar-refractivity contribution >= 4 is 29.0 Å². The monoisotopic (exact) mass is 362 g/mol. The standard InChI is InChI=1S/C18H23ClN4O2/c1-23(2)10-4-8-20-17-11-13(7-9-21-17)18(24)22-15-12-14(19)5-6-16(15)25-3/h5-7,9,11-12H,4,8,10H2,1-3H3,(H,20,21)(H,22,24). The summed E-state index contributed by atoms with van der Waals surface area (Å²) in [5.41, 5.74) is 1.03. The molecule has 0 unspecified atom stereocenters. The highest BCUT2D eigenvalue weighted by molar-refractivity contribution is 6.31. The minimum Gasteiger partial charge on any atom is -0.495 e. The van der Waals surface area contributed by atoms with Crippen molar-refractivity contribution < 1.29 is 9.53 Å². The molecule has 0 radical (unpaired) electrons. The summed E-state index contributed by atoms with van der Waals surface area (Å²) in [5.74, 6) is 0.970. The van der Waals surface area contributed by atoms with E-state index in [0.29, 0.717) is 27.8 Å². The molecule has 1 aromatic carbocycles. The van der Waals surface area contributed by atoms with Crippen molar-refractivity contribution in [1.82, 2.24) is 9.88 Å². The number of methoxy groups -OCH3 is 1. The average molecular weight is 363 g/mol. The van der Waals surface area contributed by atoms with Crippen LogP contribution in [0, 0.1) is 0 Å². The molecule has 0 aliphatic rings. The van der Waals surface area contributed by atoms with Crippen LogP contribution in [0.4, 0.5) is 11.5 Å². The van der Waals surface area contributed by atoms with Gasteiger partial charge in [0.1, 0.15) is 11.6 Å². The van der Waals surface area contributed by atoms with Crippen LogP contribution in [0.2, 0.25) is 5.02 Å². The number of pyridine rings is 1. The Morgan fingerprint density at radius 2 is 2.08 bits per heavy atom. The van der Waals surface area contributed by atoms with Crippen molar-refractivity contribution in [2.75, 3.05) is 44.9 Å². The van der Waals surface area contributed by atoms with Gasteiger partial charge in [0, 0.05) is 23.3 Å². The number of carbonyl (C=O) groups excluding carboxylic acids is 1. The second-order valence-electron chi connectivity index (χ2n) is 5.81. The molecule has 2 rings (SSSR count). The number of amides is 1. The second kappa shape index (κ2) is 9.25. The van der Waals surface area contributed by atoms with E-state index in [-0.39, 0.29) is 5.91 Å². The first-order valence-electron chi connectivity index (χ1n) is 7.99. The predicted octanol–water partition coefficient (Wildman–Crippen LogP) is 3.36. The van der Waals surface area contributed by atoms with Crippen LogP contribution in [-0.4, -0.2) is 50.1 Å². The van der Waals surface area contributed by atoms with Crippen molar-refractivity contribution in [2.45, 2.75) is 6.42 Å². The Bertz CT molecular complexity index is 722. The van der Waals surface area contributed by atoms with E-state index in [1.54, 1.807) is 43.6 Å². The number of ether oxygens (including phenoxy) is 1. The summed E-state index contributed by atoms with van der Waals surface area (Å²) in [5, 5.41) is 6.57. The quantitative estimate of drug-likeness (QED) is 0.705. The number of nitrogens with one attached hydrogen (secondary N) is 2. The summed E-state index contributed by atoms with van der Waals surface area (Å²) in [6, 6.07) is 8.46. The Kier molecular flexibility index (Phi) is 7.03. The Balaban J connectivity index is 2.02. The minimum absolute atomic E-state index is 0.251. The summed E-state index contributed by atoms with van der Waals surface area (Å²) < 4.78 is 5.24. The molecule has 0 spiro atoms. The Labute approximate surface area is 153 Å². The molecule has 0 bridgehead atoms. The predicted molar refractivity (Wildman–Crippen MR) is 102 cm³/mol. The number of anilines is 2. The highest BCUT2D eigenvalue weighted by Gasteiger charge is 2.11. The summed E-state index contributed by atoms with van der Waals surface area (Å²) >= 11 is 5.99. The van der Waals surface area contributed by atoms with Gasteiger partial charge in [-0.25, -0.2) is 4.98 Å². The summed E-state index contributed by atoms with van der Waals surface area (Å²) in [6.07, 6.45) is 2.60. The minimum atomic E-state index is -0.251. The molecular weight excluding hydrogens is 340 g/mol. The van der Waals surface area contributed by atoms with Crippen LogP contribution in [0.15, 0.2) is 36.5 Å². The first-order valence-corrected chi connectivity index (χ1v) is 8.37. The zero-order valence-corrected chi connectivity index (χ0v) is 15.4. The molecule has 6 nitrogen and oxygen atoms in total. The summed E-state index contributed by atoms with van der Waals surface area (Å²) in [6.45, 7) is 1.78. The van der Waals surface area contributed by atoms with Crippen molar-refractivity contribution in [2.24, 2.45) is 0 Å². The van der Waals surface area contributed by atoms with Gasteiger partial charge in [0.05, 0.1) is 12.8 Å². The van der Waals surface area contributed by atoms with Crippen molar-refractivity contribution in [3.05, 3.63) is 47.1 Å². The van der Waals surface area contributed by atoms with Gasteiger partial charge in [0.2, 0.25) is 0 Å². The topological polar surface area (TPSA) is 66.5 Å². The largest absolute Gasteiger partial charge is 0.495 e. The van der Waals surface area contributed by atoms with Crippen LogP contribution in [0.1, 0.15) is 16.8 Å². The van der Waals surface area contributed by atoms with Crippen LogP contribution in [-0.2, 0) is 0 Å². The maximum Gasteiger partial charge on any atom is 0.255 e. The van der Waals surface area contributed by atoms with Crippen molar-refractivity contribution in [3.8, 4) is 5.75 Å². The molecule has 1 amide bonds. The van der Waals surface area contributed by atoms with E-state index in [1.165, 1.54) is 0 Å². The molecule has 0 saturated carbocycles. The van der Waals surface area contributed by atoms with E-state index in [2.05, 4.69) is 20.5 Å². The molecule has 1 aromatic heterocycles. The number of nitrogens with zero attached hydrogens (tertiary/aromatic N) is 2. The number of halogens is 1. The number of carbonyl (C=O) groups is 1. The molecule has 2 N–H and O–H groups in total. The number of aromatic nitrogens is 1. The lowest BCUT2D eigenvalue weighted by Gasteiger charge is -2.12. The maximum atomic E-state index is 12.5. The molecule has 2 aromatic rings. The molecular formula is C18H23ClN4O2. The summed E-state index contributed by atoms with van der Waals surface area (Å²) in [7, 11) is 5.61.